The van der Waals surface area contributed by atoms with E-state index in [1.165, 1.54) is 0 Å². The fourth-order valence-corrected chi connectivity index (χ4v) is 3.78. The minimum absolute atomic E-state index is 0.0553. The number of hydrazine groups is 1. The molecule has 2 aliphatic carbocycles. The molecule has 9 nitrogen and oxygen atoms in total. The minimum Gasteiger partial charge on any atom is -0.465 e. The molecule has 2 saturated carbocycles. The molecule has 0 unspecified atom stereocenters. The second-order valence-corrected chi connectivity index (χ2v) is 7.29. The highest BCUT2D eigenvalue weighted by Gasteiger charge is 2.54. The topological polar surface area (TPSA) is 126 Å². The van der Waals surface area contributed by atoms with Crippen molar-refractivity contribution in [2.45, 2.75) is 62.1 Å². The van der Waals surface area contributed by atoms with Crippen LogP contribution in [-0.2, 0) is 19.1 Å². The molecule has 0 aromatic carbocycles. The Morgan fingerprint density at radius 2 is 1.70 bits per heavy atom. The number of hydrogen-bond donors (Lipinski definition) is 4. The standard InChI is InChI=1S/C15H20F3N3O6/c16-15(17,18)27-9-5-8(6-9)10(22)20-21-11(23)14-3-1-13(2-4-14,7-26-14)19-12(24)25/h8-9,19H,1-7H2,(H,20,22)(H,21,23)(H,24,25)/t8-,9+,13?,14?. The van der Waals surface area contributed by atoms with Gasteiger partial charge in [-0.2, -0.15) is 0 Å². The first-order chi connectivity index (χ1) is 12.5. The van der Waals surface area contributed by atoms with Crippen LogP contribution >= 0.6 is 0 Å². The van der Waals surface area contributed by atoms with E-state index in [-0.39, 0.29) is 19.4 Å². The Morgan fingerprint density at radius 1 is 1.07 bits per heavy atom. The molecule has 2 bridgehead atoms. The largest absolute Gasteiger partial charge is 0.522 e. The zero-order chi connectivity index (χ0) is 19.9. The van der Waals surface area contributed by atoms with Gasteiger partial charge < -0.3 is 15.2 Å². The Kier molecular flexibility index (Phi) is 4.97. The van der Waals surface area contributed by atoms with Crippen molar-refractivity contribution in [3.05, 3.63) is 0 Å². The Labute approximate surface area is 151 Å². The maximum atomic E-state index is 12.4. The van der Waals surface area contributed by atoms with Crippen LogP contribution in [0.3, 0.4) is 0 Å². The Balaban J connectivity index is 1.43. The van der Waals surface area contributed by atoms with Crippen molar-refractivity contribution in [3.8, 4) is 0 Å². The van der Waals surface area contributed by atoms with Crippen molar-refractivity contribution in [1.82, 2.24) is 16.2 Å². The summed E-state index contributed by atoms with van der Waals surface area (Å²) in [4.78, 5) is 35.2. The van der Waals surface area contributed by atoms with E-state index in [1.54, 1.807) is 0 Å². The number of amides is 3. The Hall–Kier alpha value is -2.08. The van der Waals surface area contributed by atoms with Gasteiger partial charge in [-0.1, -0.05) is 0 Å². The smallest absolute Gasteiger partial charge is 0.465 e. The molecule has 12 heteroatoms. The first-order valence-electron chi connectivity index (χ1n) is 8.52. The maximum absolute atomic E-state index is 12.4. The number of nitrogens with one attached hydrogen (secondary N) is 3. The highest BCUT2D eigenvalue weighted by Crippen LogP contribution is 2.43. The summed E-state index contributed by atoms with van der Waals surface area (Å²) in [5, 5.41) is 11.3. The molecule has 0 radical (unpaired) electrons. The van der Waals surface area contributed by atoms with E-state index >= 15 is 0 Å². The molecule has 2 aliphatic heterocycles. The molecule has 0 atom stereocenters. The first-order valence-corrected chi connectivity index (χ1v) is 8.52. The third kappa shape index (κ3) is 4.26. The van der Waals surface area contributed by atoms with Gasteiger partial charge in [-0.05, 0) is 38.5 Å². The van der Waals surface area contributed by atoms with E-state index < -0.39 is 47.4 Å². The number of carbonyl (C=O) groups excluding carboxylic acids is 2. The lowest BCUT2D eigenvalue weighted by Gasteiger charge is -2.51. The molecule has 4 N–H and O–H groups in total. The summed E-state index contributed by atoms with van der Waals surface area (Å²) in [5.74, 6) is -1.81. The van der Waals surface area contributed by atoms with Crippen LogP contribution in [0.1, 0.15) is 38.5 Å². The van der Waals surface area contributed by atoms with Crippen LogP contribution in [-0.4, -0.2) is 53.2 Å². The summed E-state index contributed by atoms with van der Waals surface area (Å²) in [7, 11) is 0. The van der Waals surface area contributed by atoms with Gasteiger partial charge in [0.25, 0.3) is 5.91 Å². The van der Waals surface area contributed by atoms with Crippen molar-refractivity contribution < 1.29 is 42.1 Å². The van der Waals surface area contributed by atoms with E-state index in [0.717, 1.165) is 0 Å². The van der Waals surface area contributed by atoms with Crippen molar-refractivity contribution in [2.24, 2.45) is 5.92 Å². The van der Waals surface area contributed by atoms with Crippen LogP contribution in [0.2, 0.25) is 0 Å². The summed E-state index contributed by atoms with van der Waals surface area (Å²) < 4.78 is 45.6. The summed E-state index contributed by atoms with van der Waals surface area (Å²) in [6.45, 7) is 0.0553. The number of alkyl halides is 3. The average Bonchev–Trinajstić information content (AvgIpc) is 2.55. The predicted octanol–water partition coefficient (Wildman–Crippen LogP) is 0.798. The second-order valence-electron chi connectivity index (χ2n) is 7.29. The van der Waals surface area contributed by atoms with Crippen LogP contribution in [0.5, 0.6) is 0 Å². The fourth-order valence-electron chi connectivity index (χ4n) is 3.78. The zero-order valence-corrected chi connectivity index (χ0v) is 14.2. The van der Waals surface area contributed by atoms with Crippen molar-refractivity contribution in [2.75, 3.05) is 6.61 Å². The number of halogens is 3. The molecule has 0 aromatic rings. The quantitative estimate of drug-likeness (QED) is 0.522. The van der Waals surface area contributed by atoms with E-state index in [2.05, 4.69) is 20.9 Å². The van der Waals surface area contributed by atoms with Gasteiger partial charge in [-0.3, -0.25) is 25.2 Å². The van der Waals surface area contributed by atoms with Gasteiger partial charge in [0.05, 0.1) is 18.2 Å². The third-order valence-electron chi connectivity index (χ3n) is 5.49. The predicted molar refractivity (Wildman–Crippen MR) is 81.0 cm³/mol. The van der Waals surface area contributed by atoms with Gasteiger partial charge in [-0.15, -0.1) is 13.2 Å². The van der Waals surface area contributed by atoms with Crippen LogP contribution in [0, 0.1) is 5.92 Å². The summed E-state index contributed by atoms with van der Waals surface area (Å²) in [6, 6.07) is 0. The van der Waals surface area contributed by atoms with E-state index in [0.29, 0.717) is 25.7 Å². The molecule has 0 aromatic heterocycles. The summed E-state index contributed by atoms with van der Waals surface area (Å²) in [6.07, 6.45) is -5.65. The number of ether oxygens (including phenoxy) is 2. The Morgan fingerprint density at radius 3 is 2.19 bits per heavy atom. The first kappa shape index (κ1) is 19.7. The third-order valence-corrected chi connectivity index (χ3v) is 5.49. The number of carbonyl (C=O) groups is 3. The van der Waals surface area contributed by atoms with Gasteiger partial charge in [-0.25, -0.2) is 4.79 Å². The molecule has 4 fully saturated rings. The molecule has 2 saturated heterocycles. The molecule has 152 valence electrons. The molecule has 3 amide bonds. The van der Waals surface area contributed by atoms with E-state index in [1.807, 2.05) is 0 Å². The molecule has 0 spiro atoms. The van der Waals surface area contributed by atoms with Gasteiger partial charge in [0, 0.05) is 5.92 Å². The molecule has 27 heavy (non-hydrogen) atoms. The van der Waals surface area contributed by atoms with Crippen molar-refractivity contribution in [1.29, 1.82) is 0 Å². The van der Waals surface area contributed by atoms with Crippen molar-refractivity contribution >= 4 is 17.9 Å². The fraction of sp³-hybridized carbons (Fsp3) is 0.800. The monoisotopic (exact) mass is 395 g/mol. The zero-order valence-electron chi connectivity index (χ0n) is 14.2. The van der Waals surface area contributed by atoms with Gasteiger partial charge >= 0.3 is 12.5 Å². The molecular weight excluding hydrogens is 375 g/mol. The number of carboxylic acid groups (broad SMARTS) is 1. The average molecular weight is 395 g/mol. The van der Waals surface area contributed by atoms with Crippen LogP contribution in [0.25, 0.3) is 0 Å². The van der Waals surface area contributed by atoms with E-state index in [9.17, 15) is 27.6 Å². The molecular formula is C15H20F3N3O6. The van der Waals surface area contributed by atoms with Crippen LogP contribution in [0.15, 0.2) is 0 Å². The molecule has 4 rings (SSSR count). The summed E-state index contributed by atoms with van der Waals surface area (Å²) in [5.41, 5.74) is 2.65. The van der Waals surface area contributed by atoms with Gasteiger partial charge in [0.1, 0.15) is 5.60 Å². The number of hydrogen-bond acceptors (Lipinski definition) is 5. The lowest BCUT2D eigenvalue weighted by Crippen LogP contribution is -2.67. The maximum Gasteiger partial charge on any atom is 0.522 e. The van der Waals surface area contributed by atoms with Gasteiger partial charge in [0.15, 0.2) is 0 Å². The number of fused-ring (bicyclic) bond motifs is 3. The molecule has 2 heterocycles. The Bertz CT molecular complexity index is 610. The molecule has 4 aliphatic rings. The highest BCUT2D eigenvalue weighted by atomic mass is 19.4. The lowest BCUT2D eigenvalue weighted by molar-refractivity contribution is -0.353. The van der Waals surface area contributed by atoms with Crippen molar-refractivity contribution in [3.63, 3.8) is 0 Å². The number of rotatable bonds is 4. The second kappa shape index (κ2) is 6.82. The van der Waals surface area contributed by atoms with Gasteiger partial charge in [0.2, 0.25) is 5.91 Å². The van der Waals surface area contributed by atoms with Crippen LogP contribution in [0.4, 0.5) is 18.0 Å². The SMILES string of the molecule is O=C(O)NC12CCC(C(=O)NNC(=O)[C@H]3C[C@@H](OC(F)(F)F)C3)(CC1)OC2. The highest BCUT2D eigenvalue weighted by molar-refractivity contribution is 5.89. The normalized spacial score (nSPS) is 35.1. The lowest BCUT2D eigenvalue weighted by atomic mass is 9.71. The van der Waals surface area contributed by atoms with E-state index in [4.69, 9.17) is 9.84 Å². The minimum atomic E-state index is -4.73. The summed E-state index contributed by atoms with van der Waals surface area (Å²) >= 11 is 0. The van der Waals surface area contributed by atoms with Crippen LogP contribution < -0.4 is 16.2 Å².